The Morgan fingerprint density at radius 3 is 2.38 bits per heavy atom. The Morgan fingerprint density at radius 2 is 1.58 bits per heavy atom. The van der Waals surface area contributed by atoms with Crippen LogP contribution in [-0.2, 0) is 16.1 Å². The number of rotatable bonds is 7. The van der Waals surface area contributed by atoms with Gasteiger partial charge in [-0.15, -0.1) is 0 Å². The molecule has 0 radical (unpaired) electrons. The van der Waals surface area contributed by atoms with E-state index < -0.39 is 5.97 Å². The van der Waals surface area contributed by atoms with Crippen LogP contribution < -0.4 is 9.47 Å². The van der Waals surface area contributed by atoms with Crippen LogP contribution in [0.5, 0.6) is 17.2 Å². The van der Waals surface area contributed by atoms with Gasteiger partial charge in [-0.25, -0.2) is 4.79 Å². The third-order valence-corrected chi connectivity index (χ3v) is 3.77. The number of hydrogen-bond acceptors (Lipinski definition) is 4. The van der Waals surface area contributed by atoms with Crippen LogP contribution in [-0.4, -0.2) is 12.6 Å². The van der Waals surface area contributed by atoms with Gasteiger partial charge in [-0.2, -0.15) is 0 Å². The van der Waals surface area contributed by atoms with Crippen molar-refractivity contribution in [2.45, 2.75) is 6.61 Å². The molecule has 0 aliphatic carbocycles. The molecule has 0 N–H and O–H groups in total. The van der Waals surface area contributed by atoms with E-state index in [0.717, 1.165) is 11.3 Å². The van der Waals surface area contributed by atoms with Gasteiger partial charge in [-0.1, -0.05) is 54.1 Å². The maximum Gasteiger partial charge on any atom is 0.344 e. The van der Waals surface area contributed by atoms with E-state index >= 15 is 0 Å². The maximum atomic E-state index is 11.9. The van der Waals surface area contributed by atoms with E-state index in [1.807, 2.05) is 54.6 Å². The van der Waals surface area contributed by atoms with Crippen LogP contribution in [0.2, 0.25) is 5.02 Å². The van der Waals surface area contributed by atoms with Crippen LogP contribution >= 0.6 is 11.6 Å². The highest BCUT2D eigenvalue weighted by Crippen LogP contribution is 2.23. The van der Waals surface area contributed by atoms with E-state index in [2.05, 4.69) is 0 Å². The molecule has 0 aromatic heterocycles. The first-order valence-corrected chi connectivity index (χ1v) is 8.43. The molecule has 0 amide bonds. The third kappa shape index (κ3) is 5.26. The van der Waals surface area contributed by atoms with Gasteiger partial charge in [0.2, 0.25) is 0 Å². The molecule has 0 spiro atoms. The number of para-hydroxylation sites is 2. The van der Waals surface area contributed by atoms with Crippen LogP contribution in [0.4, 0.5) is 0 Å². The Hall–Kier alpha value is -2.98. The lowest BCUT2D eigenvalue weighted by Crippen LogP contribution is -2.14. The summed E-state index contributed by atoms with van der Waals surface area (Å²) in [4.78, 5) is 11.9. The van der Waals surface area contributed by atoms with Crippen LogP contribution in [0, 0.1) is 0 Å². The quantitative estimate of drug-likeness (QED) is 0.534. The average molecular weight is 369 g/mol. The molecule has 3 aromatic rings. The lowest BCUT2D eigenvalue weighted by Gasteiger charge is -2.10. The molecule has 0 atom stereocenters. The molecule has 0 aliphatic rings. The normalized spacial score (nSPS) is 10.2. The first kappa shape index (κ1) is 17.8. The van der Waals surface area contributed by atoms with Crippen molar-refractivity contribution in [1.82, 2.24) is 0 Å². The predicted molar refractivity (Wildman–Crippen MR) is 99.7 cm³/mol. The van der Waals surface area contributed by atoms with Crippen LogP contribution in [0.3, 0.4) is 0 Å². The Balaban J connectivity index is 1.50. The molecule has 0 unspecified atom stereocenters. The molecule has 0 bridgehead atoms. The van der Waals surface area contributed by atoms with E-state index in [-0.39, 0.29) is 13.2 Å². The zero-order valence-electron chi connectivity index (χ0n) is 13.9. The minimum absolute atomic E-state index is 0.136. The highest BCUT2D eigenvalue weighted by molar-refractivity contribution is 6.32. The summed E-state index contributed by atoms with van der Waals surface area (Å²) in [6.45, 7) is -0.0688. The Morgan fingerprint density at radius 1 is 0.846 bits per heavy atom. The second kappa shape index (κ2) is 8.92. The monoisotopic (exact) mass is 368 g/mol. The molecule has 0 fully saturated rings. The van der Waals surface area contributed by atoms with Crippen LogP contribution in [0.1, 0.15) is 5.56 Å². The van der Waals surface area contributed by atoms with E-state index in [0.29, 0.717) is 16.5 Å². The summed E-state index contributed by atoms with van der Waals surface area (Å²) in [5, 5.41) is 0.450. The van der Waals surface area contributed by atoms with Gasteiger partial charge in [0.05, 0.1) is 5.02 Å². The molecule has 5 heteroatoms. The minimum Gasteiger partial charge on any atom is -0.480 e. The predicted octanol–water partition coefficient (Wildman–Crippen LogP) is 5.25. The zero-order chi connectivity index (χ0) is 18.2. The van der Waals surface area contributed by atoms with Gasteiger partial charge < -0.3 is 14.2 Å². The highest BCUT2D eigenvalue weighted by atomic mass is 35.5. The second-order valence-corrected chi connectivity index (χ2v) is 5.85. The lowest BCUT2D eigenvalue weighted by atomic mass is 10.2. The summed E-state index contributed by atoms with van der Waals surface area (Å²) in [7, 11) is 0. The molecular weight excluding hydrogens is 352 g/mol. The van der Waals surface area contributed by atoms with Crippen LogP contribution in [0.25, 0.3) is 0 Å². The maximum absolute atomic E-state index is 11.9. The Kier molecular flexibility index (Phi) is 6.12. The van der Waals surface area contributed by atoms with Gasteiger partial charge >= 0.3 is 5.97 Å². The topological polar surface area (TPSA) is 44.8 Å². The summed E-state index contributed by atoms with van der Waals surface area (Å²) in [5.41, 5.74) is 0.824. The average Bonchev–Trinajstić information content (AvgIpc) is 2.67. The number of carbonyl (C=O) groups excluding carboxylic acids is 1. The van der Waals surface area contributed by atoms with Crippen molar-refractivity contribution in [2.24, 2.45) is 0 Å². The minimum atomic E-state index is -0.473. The summed E-state index contributed by atoms with van der Waals surface area (Å²) >= 11 is 5.97. The van der Waals surface area contributed by atoms with Crippen LogP contribution in [0.15, 0.2) is 78.9 Å². The van der Waals surface area contributed by atoms with Crippen molar-refractivity contribution in [3.63, 3.8) is 0 Å². The zero-order valence-corrected chi connectivity index (χ0v) is 14.7. The van der Waals surface area contributed by atoms with Gasteiger partial charge in [0.1, 0.15) is 23.9 Å². The fourth-order valence-electron chi connectivity index (χ4n) is 2.23. The number of carbonyl (C=O) groups is 1. The van der Waals surface area contributed by atoms with Gasteiger partial charge in [0.25, 0.3) is 0 Å². The van der Waals surface area contributed by atoms with Gasteiger partial charge in [-0.05, 0) is 42.0 Å². The Labute approximate surface area is 156 Å². The van der Waals surface area contributed by atoms with E-state index in [1.165, 1.54) is 0 Å². The van der Waals surface area contributed by atoms with Crippen molar-refractivity contribution >= 4 is 17.6 Å². The fourth-order valence-corrected chi connectivity index (χ4v) is 2.42. The largest absolute Gasteiger partial charge is 0.480 e. The highest BCUT2D eigenvalue weighted by Gasteiger charge is 2.07. The van der Waals surface area contributed by atoms with E-state index in [4.69, 9.17) is 25.8 Å². The first-order chi connectivity index (χ1) is 12.7. The summed E-state index contributed by atoms with van der Waals surface area (Å²) in [6, 6.07) is 23.8. The Bertz CT molecular complexity index is 865. The third-order valence-electron chi connectivity index (χ3n) is 3.46. The summed E-state index contributed by atoms with van der Waals surface area (Å²) in [5.74, 6) is 1.40. The van der Waals surface area contributed by atoms with Gasteiger partial charge in [-0.3, -0.25) is 0 Å². The van der Waals surface area contributed by atoms with Crippen molar-refractivity contribution in [3.8, 4) is 17.2 Å². The molecule has 132 valence electrons. The smallest absolute Gasteiger partial charge is 0.344 e. The second-order valence-electron chi connectivity index (χ2n) is 5.44. The summed E-state index contributed by atoms with van der Waals surface area (Å²) in [6.07, 6.45) is 0. The first-order valence-electron chi connectivity index (χ1n) is 8.05. The molecule has 0 saturated carbocycles. The number of esters is 1. The van der Waals surface area contributed by atoms with Gasteiger partial charge in [0.15, 0.2) is 6.61 Å². The number of hydrogen-bond donors (Lipinski definition) is 0. The molecule has 3 rings (SSSR count). The lowest BCUT2D eigenvalue weighted by molar-refractivity contribution is -0.147. The molecule has 4 nitrogen and oxygen atoms in total. The SMILES string of the molecule is O=C(COc1ccccc1Cl)OCc1cccc(Oc2ccccc2)c1. The number of ether oxygens (including phenoxy) is 3. The molecular formula is C21H17ClO4. The van der Waals surface area contributed by atoms with Crippen molar-refractivity contribution in [1.29, 1.82) is 0 Å². The van der Waals surface area contributed by atoms with Crippen molar-refractivity contribution in [3.05, 3.63) is 89.4 Å². The van der Waals surface area contributed by atoms with Crippen molar-refractivity contribution < 1.29 is 19.0 Å². The molecule has 3 aromatic carbocycles. The van der Waals surface area contributed by atoms with Gasteiger partial charge in [0, 0.05) is 0 Å². The molecule has 0 saturated heterocycles. The molecule has 0 heterocycles. The fraction of sp³-hybridized carbons (Fsp3) is 0.0952. The van der Waals surface area contributed by atoms with Crippen molar-refractivity contribution in [2.75, 3.05) is 6.61 Å². The summed E-state index contributed by atoms with van der Waals surface area (Å²) < 4.78 is 16.4. The molecule has 0 aliphatic heterocycles. The standard InChI is InChI=1S/C21H17ClO4/c22-19-11-4-5-12-20(19)24-15-21(23)25-14-16-7-6-10-18(13-16)26-17-8-2-1-3-9-17/h1-13H,14-15H2. The number of halogens is 1. The van der Waals surface area contributed by atoms with E-state index in [1.54, 1.807) is 24.3 Å². The number of benzene rings is 3. The van der Waals surface area contributed by atoms with E-state index in [9.17, 15) is 4.79 Å². The molecule has 26 heavy (non-hydrogen) atoms.